The van der Waals surface area contributed by atoms with Gasteiger partial charge in [-0.05, 0) is 45.2 Å². The summed E-state index contributed by atoms with van der Waals surface area (Å²) in [7, 11) is 1.48. The van der Waals surface area contributed by atoms with E-state index in [0.29, 0.717) is 6.10 Å². The van der Waals surface area contributed by atoms with Gasteiger partial charge in [0.2, 0.25) is 0 Å². The van der Waals surface area contributed by atoms with E-state index in [-0.39, 0.29) is 11.9 Å². The Morgan fingerprint density at radius 1 is 1.29 bits per heavy atom. The number of esters is 1. The number of piperidine rings is 1. The van der Waals surface area contributed by atoms with E-state index in [2.05, 4.69) is 4.90 Å². The summed E-state index contributed by atoms with van der Waals surface area (Å²) in [6, 6.07) is 0. The molecule has 0 radical (unpaired) electrons. The molecule has 0 amide bonds. The summed E-state index contributed by atoms with van der Waals surface area (Å²) in [5.74, 6) is 0.0714. The molecule has 1 atom stereocenters. The minimum absolute atomic E-state index is 0.0430. The zero-order chi connectivity index (χ0) is 12.1. The fourth-order valence-electron chi connectivity index (χ4n) is 2.76. The first-order valence-electron chi connectivity index (χ1n) is 6.71. The third-order valence-corrected chi connectivity index (χ3v) is 3.86. The largest absolute Gasteiger partial charge is 0.469 e. The molecule has 0 N–H and O–H groups in total. The van der Waals surface area contributed by atoms with Crippen molar-refractivity contribution in [2.24, 2.45) is 5.92 Å². The van der Waals surface area contributed by atoms with Gasteiger partial charge in [0.25, 0.3) is 0 Å². The van der Waals surface area contributed by atoms with Gasteiger partial charge in [-0.3, -0.25) is 4.79 Å². The van der Waals surface area contributed by atoms with E-state index in [9.17, 15) is 4.79 Å². The molecule has 0 aliphatic carbocycles. The van der Waals surface area contributed by atoms with E-state index in [1.165, 1.54) is 26.4 Å². The minimum Gasteiger partial charge on any atom is -0.469 e. The van der Waals surface area contributed by atoms with Gasteiger partial charge in [-0.2, -0.15) is 0 Å². The summed E-state index contributed by atoms with van der Waals surface area (Å²) in [5, 5.41) is 0. The first-order chi connectivity index (χ1) is 8.29. The molecule has 4 nitrogen and oxygen atoms in total. The Hall–Kier alpha value is -0.610. The average molecular weight is 241 g/mol. The molecule has 2 fully saturated rings. The van der Waals surface area contributed by atoms with Crippen LogP contribution < -0.4 is 0 Å². The molecule has 0 saturated carbocycles. The van der Waals surface area contributed by atoms with E-state index < -0.39 is 0 Å². The second-order valence-corrected chi connectivity index (χ2v) is 5.09. The molecule has 2 aliphatic rings. The standard InChI is InChI=1S/C13H23NO3/c1-16-13(15)11-5-7-14(8-6-11)10-12-4-2-3-9-17-12/h11-12H,2-10H2,1H3/t12-/m1/s1. The highest BCUT2D eigenvalue weighted by atomic mass is 16.5. The van der Waals surface area contributed by atoms with Crippen molar-refractivity contribution in [2.75, 3.05) is 33.4 Å². The maximum absolute atomic E-state index is 11.4. The van der Waals surface area contributed by atoms with Crippen LogP contribution in [0.25, 0.3) is 0 Å². The molecule has 4 heteroatoms. The molecule has 2 saturated heterocycles. The third-order valence-electron chi connectivity index (χ3n) is 3.86. The summed E-state index contributed by atoms with van der Waals surface area (Å²) in [4.78, 5) is 13.8. The fraction of sp³-hybridized carbons (Fsp3) is 0.923. The summed E-state index contributed by atoms with van der Waals surface area (Å²) in [6.45, 7) is 3.95. The lowest BCUT2D eigenvalue weighted by Gasteiger charge is -2.34. The van der Waals surface area contributed by atoms with Crippen LogP contribution in [0.4, 0.5) is 0 Å². The maximum atomic E-state index is 11.4. The predicted molar refractivity (Wildman–Crippen MR) is 64.8 cm³/mol. The van der Waals surface area contributed by atoms with Gasteiger partial charge in [-0.1, -0.05) is 0 Å². The van der Waals surface area contributed by atoms with Gasteiger partial charge in [0.15, 0.2) is 0 Å². The number of ether oxygens (including phenoxy) is 2. The highest BCUT2D eigenvalue weighted by Crippen LogP contribution is 2.20. The Labute approximate surface area is 103 Å². The van der Waals surface area contributed by atoms with Crippen molar-refractivity contribution < 1.29 is 14.3 Å². The summed E-state index contributed by atoms with van der Waals surface area (Å²) >= 11 is 0. The van der Waals surface area contributed by atoms with Gasteiger partial charge >= 0.3 is 5.97 Å². The van der Waals surface area contributed by atoms with Crippen LogP contribution in [0, 0.1) is 5.92 Å². The van der Waals surface area contributed by atoms with Gasteiger partial charge in [-0.15, -0.1) is 0 Å². The molecule has 98 valence electrons. The lowest BCUT2D eigenvalue weighted by atomic mass is 9.96. The van der Waals surface area contributed by atoms with Crippen LogP contribution in [-0.2, 0) is 14.3 Å². The summed E-state index contributed by atoms with van der Waals surface area (Å²) < 4.78 is 10.5. The fourth-order valence-corrected chi connectivity index (χ4v) is 2.76. The Balaban J connectivity index is 1.69. The number of methoxy groups -OCH3 is 1. The van der Waals surface area contributed by atoms with Gasteiger partial charge in [0.05, 0.1) is 19.1 Å². The normalized spacial score (nSPS) is 27.9. The molecule has 2 aliphatic heterocycles. The van der Waals surface area contributed by atoms with E-state index in [4.69, 9.17) is 9.47 Å². The van der Waals surface area contributed by atoms with Crippen molar-refractivity contribution in [3.8, 4) is 0 Å². The van der Waals surface area contributed by atoms with Crippen molar-refractivity contribution in [3.05, 3.63) is 0 Å². The van der Waals surface area contributed by atoms with Crippen molar-refractivity contribution in [3.63, 3.8) is 0 Å². The number of carbonyl (C=O) groups excluding carboxylic acids is 1. The maximum Gasteiger partial charge on any atom is 0.308 e. The number of hydrogen-bond donors (Lipinski definition) is 0. The van der Waals surface area contributed by atoms with Crippen LogP contribution >= 0.6 is 0 Å². The Kier molecular flexibility index (Phi) is 4.80. The summed E-state index contributed by atoms with van der Waals surface area (Å²) in [6.07, 6.45) is 5.97. The van der Waals surface area contributed by atoms with E-state index in [0.717, 1.165) is 39.1 Å². The van der Waals surface area contributed by atoms with Crippen molar-refractivity contribution in [2.45, 2.75) is 38.2 Å². The minimum atomic E-state index is -0.0430. The molecular weight excluding hydrogens is 218 g/mol. The Morgan fingerprint density at radius 2 is 2.06 bits per heavy atom. The molecule has 0 aromatic rings. The topological polar surface area (TPSA) is 38.8 Å². The van der Waals surface area contributed by atoms with Gasteiger partial charge < -0.3 is 14.4 Å². The van der Waals surface area contributed by atoms with E-state index >= 15 is 0 Å². The third kappa shape index (κ3) is 3.68. The summed E-state index contributed by atoms with van der Waals surface area (Å²) in [5.41, 5.74) is 0. The number of hydrogen-bond acceptors (Lipinski definition) is 4. The number of nitrogens with zero attached hydrogens (tertiary/aromatic N) is 1. The average Bonchev–Trinajstić information content (AvgIpc) is 2.40. The molecule has 17 heavy (non-hydrogen) atoms. The Morgan fingerprint density at radius 3 is 2.65 bits per heavy atom. The Bertz CT molecular complexity index is 243. The lowest BCUT2D eigenvalue weighted by molar-refractivity contribution is -0.147. The van der Waals surface area contributed by atoms with Crippen molar-refractivity contribution >= 4 is 5.97 Å². The molecule has 0 bridgehead atoms. The highest BCUT2D eigenvalue weighted by molar-refractivity contribution is 5.72. The first kappa shape index (κ1) is 12.8. The number of carbonyl (C=O) groups is 1. The first-order valence-corrected chi connectivity index (χ1v) is 6.71. The quantitative estimate of drug-likeness (QED) is 0.701. The second-order valence-electron chi connectivity index (χ2n) is 5.09. The van der Waals surface area contributed by atoms with E-state index in [1.807, 2.05) is 0 Å². The van der Waals surface area contributed by atoms with Crippen molar-refractivity contribution in [1.29, 1.82) is 0 Å². The van der Waals surface area contributed by atoms with Crippen LogP contribution in [0.1, 0.15) is 32.1 Å². The second kappa shape index (κ2) is 6.36. The van der Waals surface area contributed by atoms with Gasteiger partial charge in [-0.25, -0.2) is 0 Å². The van der Waals surface area contributed by atoms with Crippen molar-refractivity contribution in [1.82, 2.24) is 4.90 Å². The van der Waals surface area contributed by atoms with Crippen LogP contribution in [0.2, 0.25) is 0 Å². The molecule has 2 rings (SSSR count). The molecule has 0 aromatic heterocycles. The molecule has 0 spiro atoms. The smallest absolute Gasteiger partial charge is 0.308 e. The van der Waals surface area contributed by atoms with Gasteiger partial charge in [0.1, 0.15) is 0 Å². The highest BCUT2D eigenvalue weighted by Gasteiger charge is 2.27. The van der Waals surface area contributed by atoms with Gasteiger partial charge in [0, 0.05) is 13.2 Å². The predicted octanol–water partition coefficient (Wildman–Crippen LogP) is 1.44. The number of rotatable bonds is 3. The monoisotopic (exact) mass is 241 g/mol. The number of likely N-dealkylation sites (tertiary alicyclic amines) is 1. The van der Waals surface area contributed by atoms with Crippen LogP contribution in [0.15, 0.2) is 0 Å². The molecular formula is C13H23NO3. The van der Waals surface area contributed by atoms with Crippen LogP contribution in [0.5, 0.6) is 0 Å². The zero-order valence-electron chi connectivity index (χ0n) is 10.7. The van der Waals surface area contributed by atoms with Crippen LogP contribution in [0.3, 0.4) is 0 Å². The SMILES string of the molecule is COC(=O)C1CCN(C[C@H]2CCCCO2)CC1. The van der Waals surface area contributed by atoms with E-state index in [1.54, 1.807) is 0 Å². The molecule has 0 aromatic carbocycles. The lowest BCUT2D eigenvalue weighted by Crippen LogP contribution is -2.42. The molecule has 2 heterocycles. The zero-order valence-corrected chi connectivity index (χ0v) is 10.7. The van der Waals surface area contributed by atoms with Crippen LogP contribution in [-0.4, -0.2) is 50.3 Å². The molecule has 0 unspecified atom stereocenters.